The highest BCUT2D eigenvalue weighted by Crippen LogP contribution is 2.35. The van der Waals surface area contributed by atoms with Crippen LogP contribution in [0.3, 0.4) is 0 Å². The van der Waals surface area contributed by atoms with Crippen molar-refractivity contribution >= 4 is 22.0 Å². The van der Waals surface area contributed by atoms with Crippen LogP contribution in [-0.2, 0) is 24.3 Å². The van der Waals surface area contributed by atoms with Crippen LogP contribution >= 0.6 is 0 Å². The van der Waals surface area contributed by atoms with Crippen LogP contribution < -0.4 is 0 Å². The highest BCUT2D eigenvalue weighted by molar-refractivity contribution is 7.89. The predicted octanol–water partition coefficient (Wildman–Crippen LogP) is 3.63. The Balaban J connectivity index is 1.53. The zero-order valence-corrected chi connectivity index (χ0v) is 19.4. The van der Waals surface area contributed by atoms with Gasteiger partial charge in [-0.1, -0.05) is 27.2 Å². The molecule has 0 spiro atoms. The third-order valence-electron chi connectivity index (χ3n) is 6.36. The Morgan fingerprint density at radius 2 is 1.74 bits per heavy atom. The van der Waals surface area contributed by atoms with Crippen molar-refractivity contribution in [2.24, 2.45) is 17.8 Å². The maximum atomic E-state index is 12.6. The molecule has 8 heteroatoms. The predicted molar refractivity (Wildman–Crippen MR) is 116 cm³/mol. The summed E-state index contributed by atoms with van der Waals surface area (Å²) in [7, 11) is -3.53. The minimum atomic E-state index is -3.53. The Hall–Kier alpha value is -1.93. The minimum Gasteiger partial charge on any atom is -0.460 e. The maximum Gasteiger partial charge on any atom is 0.344 e. The molecule has 0 bridgehead atoms. The van der Waals surface area contributed by atoms with E-state index >= 15 is 0 Å². The van der Waals surface area contributed by atoms with Crippen molar-refractivity contribution in [1.82, 2.24) is 4.31 Å². The Labute approximate surface area is 185 Å². The number of sulfonamides is 1. The van der Waals surface area contributed by atoms with Gasteiger partial charge in [0.25, 0.3) is 0 Å². The fourth-order valence-electron chi connectivity index (χ4n) is 4.50. The molecule has 1 aromatic rings. The molecule has 3 unspecified atom stereocenters. The summed E-state index contributed by atoms with van der Waals surface area (Å²) in [5, 5.41) is 0. The third kappa shape index (κ3) is 5.86. The molecule has 1 aromatic carbocycles. The van der Waals surface area contributed by atoms with E-state index in [-0.39, 0.29) is 16.6 Å². The number of hydrogen-bond acceptors (Lipinski definition) is 6. The smallest absolute Gasteiger partial charge is 0.344 e. The van der Waals surface area contributed by atoms with Crippen LogP contribution in [0.2, 0.25) is 0 Å². The Kier molecular flexibility index (Phi) is 7.75. The molecule has 0 radical (unpaired) electrons. The Morgan fingerprint density at radius 3 is 2.35 bits per heavy atom. The average molecular weight is 452 g/mol. The van der Waals surface area contributed by atoms with Gasteiger partial charge in [0.15, 0.2) is 6.61 Å². The summed E-state index contributed by atoms with van der Waals surface area (Å²) in [6.45, 7) is 7.01. The maximum absolute atomic E-state index is 12.6. The summed E-state index contributed by atoms with van der Waals surface area (Å²) in [6.07, 6.45) is 4.56. The highest BCUT2D eigenvalue weighted by atomic mass is 32.2. The molecule has 172 valence electrons. The normalized spacial score (nSPS) is 24.8. The van der Waals surface area contributed by atoms with E-state index in [1.807, 2.05) is 0 Å². The summed E-state index contributed by atoms with van der Waals surface area (Å²) in [5.74, 6) is 0.0145. The van der Waals surface area contributed by atoms with Crippen LogP contribution in [0.15, 0.2) is 29.2 Å². The summed E-state index contributed by atoms with van der Waals surface area (Å²) in [6, 6.07) is 5.63. The van der Waals surface area contributed by atoms with Gasteiger partial charge >= 0.3 is 11.9 Å². The lowest BCUT2D eigenvalue weighted by Crippen LogP contribution is -2.36. The van der Waals surface area contributed by atoms with Crippen LogP contribution in [-0.4, -0.2) is 50.5 Å². The number of hydrogen-bond donors (Lipinski definition) is 0. The van der Waals surface area contributed by atoms with E-state index in [1.165, 1.54) is 28.6 Å². The SMILES string of the molecule is CC1CCC(C(C)C)C(OC(=O)COC(=O)c2ccc(S(=O)(=O)N3CCCC3)cc2)C1. The molecule has 2 aliphatic rings. The van der Waals surface area contributed by atoms with E-state index in [9.17, 15) is 18.0 Å². The molecule has 1 aliphatic heterocycles. The molecule has 3 rings (SSSR count). The van der Waals surface area contributed by atoms with E-state index in [0.717, 1.165) is 32.1 Å². The van der Waals surface area contributed by atoms with Crippen LogP contribution in [0.5, 0.6) is 0 Å². The second kappa shape index (κ2) is 10.1. The first-order chi connectivity index (χ1) is 14.7. The van der Waals surface area contributed by atoms with Crippen LogP contribution in [0, 0.1) is 17.8 Å². The second-order valence-corrected chi connectivity index (χ2v) is 11.0. The van der Waals surface area contributed by atoms with E-state index < -0.39 is 28.6 Å². The topological polar surface area (TPSA) is 90.0 Å². The molecule has 1 aliphatic carbocycles. The first kappa shape index (κ1) is 23.7. The van der Waals surface area contributed by atoms with Gasteiger partial charge in [0, 0.05) is 13.1 Å². The Morgan fingerprint density at radius 1 is 1.10 bits per heavy atom. The molecule has 7 nitrogen and oxygen atoms in total. The van der Waals surface area contributed by atoms with Crippen molar-refractivity contribution in [3.63, 3.8) is 0 Å². The molecular weight excluding hydrogens is 418 g/mol. The minimum absolute atomic E-state index is 0.148. The van der Waals surface area contributed by atoms with Gasteiger partial charge in [-0.25, -0.2) is 18.0 Å². The number of nitrogens with zero attached hydrogens (tertiary/aromatic N) is 1. The lowest BCUT2D eigenvalue weighted by Gasteiger charge is -2.36. The van der Waals surface area contributed by atoms with E-state index in [0.29, 0.717) is 30.8 Å². The first-order valence-electron chi connectivity index (χ1n) is 11.1. The number of rotatable bonds is 7. The lowest BCUT2D eigenvalue weighted by molar-refractivity contribution is -0.159. The number of benzene rings is 1. The van der Waals surface area contributed by atoms with Gasteiger partial charge in [-0.15, -0.1) is 0 Å². The third-order valence-corrected chi connectivity index (χ3v) is 8.27. The van der Waals surface area contributed by atoms with E-state index in [2.05, 4.69) is 20.8 Å². The summed E-state index contributed by atoms with van der Waals surface area (Å²) in [4.78, 5) is 24.7. The quantitative estimate of drug-likeness (QED) is 0.588. The van der Waals surface area contributed by atoms with Crippen molar-refractivity contribution < 1.29 is 27.5 Å². The fourth-order valence-corrected chi connectivity index (χ4v) is 6.02. The van der Waals surface area contributed by atoms with Gasteiger partial charge < -0.3 is 9.47 Å². The summed E-state index contributed by atoms with van der Waals surface area (Å²) in [5.41, 5.74) is 0.194. The molecule has 1 heterocycles. The van der Waals surface area contributed by atoms with Crippen molar-refractivity contribution in [3.8, 4) is 0 Å². The molecular formula is C23H33NO6S. The largest absolute Gasteiger partial charge is 0.460 e. The van der Waals surface area contributed by atoms with Crippen LogP contribution in [0.1, 0.15) is 63.2 Å². The van der Waals surface area contributed by atoms with Crippen molar-refractivity contribution in [1.29, 1.82) is 0 Å². The van der Waals surface area contributed by atoms with Gasteiger partial charge in [0.1, 0.15) is 6.10 Å². The van der Waals surface area contributed by atoms with Gasteiger partial charge in [0.2, 0.25) is 10.0 Å². The molecule has 1 saturated heterocycles. The van der Waals surface area contributed by atoms with Crippen LogP contribution in [0.25, 0.3) is 0 Å². The number of esters is 2. The number of ether oxygens (including phenoxy) is 2. The zero-order chi connectivity index (χ0) is 22.6. The van der Waals surface area contributed by atoms with Gasteiger partial charge in [-0.05, 0) is 67.7 Å². The first-order valence-corrected chi connectivity index (χ1v) is 12.6. The molecule has 2 fully saturated rings. The Bertz CT molecular complexity index is 874. The van der Waals surface area contributed by atoms with Crippen molar-refractivity contribution in [2.75, 3.05) is 19.7 Å². The molecule has 0 N–H and O–H groups in total. The molecule has 31 heavy (non-hydrogen) atoms. The second-order valence-electron chi connectivity index (χ2n) is 9.07. The van der Waals surface area contributed by atoms with E-state index in [1.54, 1.807) is 0 Å². The highest BCUT2D eigenvalue weighted by Gasteiger charge is 2.33. The molecule has 0 amide bonds. The molecule has 0 aromatic heterocycles. The molecule has 3 atom stereocenters. The monoisotopic (exact) mass is 451 g/mol. The van der Waals surface area contributed by atoms with Crippen molar-refractivity contribution in [2.45, 2.75) is 63.9 Å². The molecule has 1 saturated carbocycles. The van der Waals surface area contributed by atoms with Gasteiger partial charge in [-0.2, -0.15) is 4.31 Å². The summed E-state index contributed by atoms with van der Waals surface area (Å²) < 4.78 is 37.3. The van der Waals surface area contributed by atoms with E-state index in [4.69, 9.17) is 9.47 Å². The van der Waals surface area contributed by atoms with Crippen LogP contribution in [0.4, 0.5) is 0 Å². The summed E-state index contributed by atoms with van der Waals surface area (Å²) >= 11 is 0. The van der Waals surface area contributed by atoms with Gasteiger partial charge in [0.05, 0.1) is 10.5 Å². The fraction of sp³-hybridized carbons (Fsp3) is 0.652. The number of carbonyl (C=O) groups is 2. The standard InChI is InChI=1S/C23H33NO6S/c1-16(2)20-11-6-17(3)14-21(20)30-22(25)15-29-23(26)18-7-9-19(10-8-18)31(27,28)24-12-4-5-13-24/h7-10,16-17,20-21H,4-6,11-15H2,1-3H3. The van der Waals surface area contributed by atoms with Crippen molar-refractivity contribution in [3.05, 3.63) is 29.8 Å². The number of carbonyl (C=O) groups excluding carboxylic acids is 2. The lowest BCUT2D eigenvalue weighted by atomic mass is 9.75. The van der Waals surface area contributed by atoms with Gasteiger partial charge in [-0.3, -0.25) is 0 Å². The average Bonchev–Trinajstić information content (AvgIpc) is 3.28. The zero-order valence-electron chi connectivity index (χ0n) is 18.6.